The second-order valence-corrected chi connectivity index (χ2v) is 4.40. The summed E-state index contributed by atoms with van der Waals surface area (Å²) in [5.41, 5.74) is 5.80. The van der Waals surface area contributed by atoms with Crippen LogP contribution in [0.4, 0.5) is 0 Å². The minimum Gasteiger partial charge on any atom is -0.465 e. The summed E-state index contributed by atoms with van der Waals surface area (Å²) in [6.45, 7) is 10.1. The molecule has 3 nitrogen and oxygen atoms in total. The molecule has 0 saturated heterocycles. The number of nitrogens with two attached hydrogens (primary N) is 1. The van der Waals surface area contributed by atoms with Crippen molar-refractivity contribution in [1.82, 2.24) is 0 Å². The number of esters is 1. The fraction of sp³-hybridized carbons (Fsp3) is 0.769. The van der Waals surface area contributed by atoms with Crippen LogP contribution >= 0.6 is 0 Å². The highest BCUT2D eigenvalue weighted by Crippen LogP contribution is 2.15. The number of allylic oxidation sites excluding steroid dienone is 1. The molecule has 0 amide bonds. The number of carbonyl (C=O) groups excluding carboxylic acids is 1. The van der Waals surface area contributed by atoms with E-state index in [1.165, 1.54) is 0 Å². The summed E-state index contributed by atoms with van der Waals surface area (Å²) in [7, 11) is 0. The largest absolute Gasteiger partial charge is 0.465 e. The Morgan fingerprint density at radius 2 is 2.06 bits per heavy atom. The van der Waals surface area contributed by atoms with Gasteiger partial charge < -0.3 is 10.5 Å². The van der Waals surface area contributed by atoms with Crippen LogP contribution in [0.1, 0.15) is 40.0 Å². The molecule has 0 aliphatic carbocycles. The Morgan fingerprint density at radius 1 is 1.44 bits per heavy atom. The first-order valence-corrected chi connectivity index (χ1v) is 6.07. The van der Waals surface area contributed by atoms with Gasteiger partial charge in [0.2, 0.25) is 0 Å². The van der Waals surface area contributed by atoms with Gasteiger partial charge in [-0.15, -0.1) is 6.58 Å². The molecule has 16 heavy (non-hydrogen) atoms. The number of carbonyl (C=O) groups is 1. The molecule has 0 rings (SSSR count). The van der Waals surface area contributed by atoms with Gasteiger partial charge in [-0.2, -0.15) is 0 Å². The summed E-state index contributed by atoms with van der Waals surface area (Å²) in [6.07, 6.45) is 5.08. The van der Waals surface area contributed by atoms with Crippen LogP contribution in [0.25, 0.3) is 0 Å². The van der Waals surface area contributed by atoms with E-state index in [1.807, 2.05) is 13.0 Å². The van der Waals surface area contributed by atoms with Crippen molar-refractivity contribution < 1.29 is 9.53 Å². The molecule has 94 valence electrons. The molecule has 0 aromatic carbocycles. The Balaban J connectivity index is 3.82. The molecule has 0 saturated carbocycles. The van der Waals surface area contributed by atoms with Gasteiger partial charge in [0.05, 0.1) is 6.61 Å². The monoisotopic (exact) mass is 227 g/mol. The van der Waals surface area contributed by atoms with Gasteiger partial charge in [0.1, 0.15) is 6.04 Å². The molecule has 0 bridgehead atoms. The first-order chi connectivity index (χ1) is 7.52. The zero-order valence-electron chi connectivity index (χ0n) is 10.7. The summed E-state index contributed by atoms with van der Waals surface area (Å²) in [5.74, 6) is 0.425. The first kappa shape index (κ1) is 15.2. The van der Waals surface area contributed by atoms with Crippen molar-refractivity contribution in [2.75, 3.05) is 6.61 Å². The predicted molar refractivity (Wildman–Crippen MR) is 67.0 cm³/mol. The highest BCUT2D eigenvalue weighted by atomic mass is 16.5. The van der Waals surface area contributed by atoms with Crippen LogP contribution in [0.2, 0.25) is 0 Å². The van der Waals surface area contributed by atoms with Crippen molar-refractivity contribution in [1.29, 1.82) is 0 Å². The normalized spacial score (nSPS) is 16.2. The van der Waals surface area contributed by atoms with Gasteiger partial charge in [-0.25, -0.2) is 0 Å². The standard InChI is InChI=1S/C13H25NO2/c1-5-10(3)8-7-9-11(4)12(14)13(15)16-6-2/h5,10-12H,1,6-9,14H2,2-4H3. The molecule has 0 fully saturated rings. The van der Waals surface area contributed by atoms with Crippen molar-refractivity contribution >= 4 is 5.97 Å². The van der Waals surface area contributed by atoms with Gasteiger partial charge in [-0.05, 0) is 31.6 Å². The Kier molecular flexibility index (Phi) is 7.90. The summed E-state index contributed by atoms with van der Waals surface area (Å²) in [6, 6.07) is -0.487. The molecular weight excluding hydrogens is 202 g/mol. The van der Waals surface area contributed by atoms with Crippen LogP contribution in [0.3, 0.4) is 0 Å². The zero-order valence-corrected chi connectivity index (χ0v) is 10.7. The maximum atomic E-state index is 11.4. The lowest BCUT2D eigenvalue weighted by atomic mass is 9.94. The van der Waals surface area contributed by atoms with E-state index in [0.717, 1.165) is 19.3 Å². The SMILES string of the molecule is C=CC(C)CCCC(C)C(N)C(=O)OCC. The van der Waals surface area contributed by atoms with E-state index in [4.69, 9.17) is 10.5 Å². The number of hydrogen-bond acceptors (Lipinski definition) is 3. The Hall–Kier alpha value is -0.830. The van der Waals surface area contributed by atoms with Gasteiger partial charge in [0, 0.05) is 0 Å². The molecular formula is C13H25NO2. The van der Waals surface area contributed by atoms with E-state index in [0.29, 0.717) is 12.5 Å². The highest BCUT2D eigenvalue weighted by molar-refractivity contribution is 5.75. The predicted octanol–water partition coefficient (Wildman–Crippen LogP) is 2.51. The molecule has 0 heterocycles. The van der Waals surface area contributed by atoms with E-state index >= 15 is 0 Å². The average Bonchev–Trinajstić information content (AvgIpc) is 2.27. The minimum absolute atomic E-state index is 0.177. The van der Waals surface area contributed by atoms with Crippen molar-refractivity contribution in [3.63, 3.8) is 0 Å². The fourth-order valence-corrected chi connectivity index (χ4v) is 1.53. The Labute approximate surface area is 99.0 Å². The second-order valence-electron chi connectivity index (χ2n) is 4.40. The van der Waals surface area contributed by atoms with E-state index < -0.39 is 6.04 Å². The lowest BCUT2D eigenvalue weighted by Gasteiger charge is -2.18. The van der Waals surface area contributed by atoms with E-state index in [2.05, 4.69) is 13.5 Å². The number of hydrogen-bond donors (Lipinski definition) is 1. The van der Waals surface area contributed by atoms with Gasteiger partial charge in [0.15, 0.2) is 0 Å². The second kappa shape index (κ2) is 8.34. The van der Waals surface area contributed by atoms with Crippen LogP contribution in [-0.2, 0) is 9.53 Å². The molecule has 0 aromatic rings. The van der Waals surface area contributed by atoms with Gasteiger partial charge in [-0.1, -0.05) is 26.3 Å². The van der Waals surface area contributed by atoms with Gasteiger partial charge >= 0.3 is 5.97 Å². The van der Waals surface area contributed by atoms with Crippen molar-refractivity contribution in [2.45, 2.75) is 46.1 Å². The Morgan fingerprint density at radius 3 is 2.56 bits per heavy atom. The number of rotatable bonds is 8. The molecule has 3 unspecified atom stereocenters. The van der Waals surface area contributed by atoms with Crippen LogP contribution in [-0.4, -0.2) is 18.6 Å². The van der Waals surface area contributed by atoms with Gasteiger partial charge in [0.25, 0.3) is 0 Å². The highest BCUT2D eigenvalue weighted by Gasteiger charge is 2.21. The van der Waals surface area contributed by atoms with Crippen LogP contribution in [0, 0.1) is 11.8 Å². The van der Waals surface area contributed by atoms with E-state index in [1.54, 1.807) is 6.92 Å². The van der Waals surface area contributed by atoms with Crippen LogP contribution < -0.4 is 5.73 Å². The zero-order chi connectivity index (χ0) is 12.6. The quantitative estimate of drug-likeness (QED) is 0.512. The average molecular weight is 227 g/mol. The molecule has 0 aromatic heterocycles. The topological polar surface area (TPSA) is 52.3 Å². The van der Waals surface area contributed by atoms with Crippen molar-refractivity contribution in [3.05, 3.63) is 12.7 Å². The van der Waals surface area contributed by atoms with Crippen molar-refractivity contribution in [2.24, 2.45) is 17.6 Å². The third-order valence-electron chi connectivity index (χ3n) is 2.89. The van der Waals surface area contributed by atoms with Gasteiger partial charge in [-0.3, -0.25) is 4.79 Å². The lowest BCUT2D eigenvalue weighted by Crippen LogP contribution is -2.38. The summed E-state index contributed by atoms with van der Waals surface area (Å²) in [5, 5.41) is 0. The summed E-state index contributed by atoms with van der Waals surface area (Å²) < 4.78 is 4.89. The molecule has 3 atom stereocenters. The first-order valence-electron chi connectivity index (χ1n) is 6.07. The maximum Gasteiger partial charge on any atom is 0.323 e. The Bertz CT molecular complexity index is 216. The molecule has 0 aliphatic heterocycles. The summed E-state index contributed by atoms with van der Waals surface area (Å²) >= 11 is 0. The maximum absolute atomic E-state index is 11.4. The van der Waals surface area contributed by atoms with Crippen molar-refractivity contribution in [3.8, 4) is 0 Å². The smallest absolute Gasteiger partial charge is 0.323 e. The molecule has 3 heteroatoms. The molecule has 0 radical (unpaired) electrons. The van der Waals surface area contributed by atoms with E-state index in [-0.39, 0.29) is 11.9 Å². The van der Waals surface area contributed by atoms with Crippen LogP contribution in [0.5, 0.6) is 0 Å². The molecule has 0 spiro atoms. The number of ether oxygens (including phenoxy) is 1. The fourth-order valence-electron chi connectivity index (χ4n) is 1.53. The van der Waals surface area contributed by atoms with Crippen LogP contribution in [0.15, 0.2) is 12.7 Å². The third-order valence-corrected chi connectivity index (χ3v) is 2.89. The molecule has 2 N–H and O–H groups in total. The summed E-state index contributed by atoms with van der Waals surface area (Å²) in [4.78, 5) is 11.4. The third kappa shape index (κ3) is 5.91. The lowest BCUT2D eigenvalue weighted by molar-refractivity contribution is -0.145. The minimum atomic E-state index is -0.487. The van der Waals surface area contributed by atoms with E-state index in [9.17, 15) is 4.79 Å². The molecule has 0 aliphatic rings.